The first-order chi connectivity index (χ1) is 8.95. The predicted octanol–water partition coefficient (Wildman–Crippen LogP) is 2.40. The zero-order valence-electron chi connectivity index (χ0n) is 11.1. The Labute approximate surface area is 119 Å². The minimum Gasteiger partial charge on any atom is -0.497 e. The van der Waals surface area contributed by atoms with Crippen LogP contribution in [0, 0.1) is 6.92 Å². The van der Waals surface area contributed by atoms with E-state index >= 15 is 0 Å². The van der Waals surface area contributed by atoms with Gasteiger partial charge in [0.2, 0.25) is 10.0 Å². The van der Waals surface area contributed by atoms with Gasteiger partial charge in [-0.25, -0.2) is 8.42 Å². The lowest BCUT2D eigenvalue weighted by molar-refractivity contribution is 0.350. The first-order valence-electron chi connectivity index (χ1n) is 6.24. The summed E-state index contributed by atoms with van der Waals surface area (Å²) in [5, 5.41) is 0.0865. The highest BCUT2D eigenvalue weighted by atomic mass is 35.5. The largest absolute Gasteiger partial charge is 0.497 e. The number of ether oxygens (including phenoxy) is 1. The number of piperidine rings is 1. The molecule has 1 aromatic carbocycles. The Morgan fingerprint density at radius 2 is 1.95 bits per heavy atom. The smallest absolute Gasteiger partial charge is 0.243 e. The summed E-state index contributed by atoms with van der Waals surface area (Å²) in [6.07, 6.45) is 1.41. The van der Waals surface area contributed by atoms with Gasteiger partial charge in [0, 0.05) is 18.5 Å². The summed E-state index contributed by atoms with van der Waals surface area (Å²) in [4.78, 5) is 0.348. The second-order valence-electron chi connectivity index (χ2n) is 4.71. The molecule has 1 saturated heterocycles. The fourth-order valence-electron chi connectivity index (χ4n) is 2.24. The monoisotopic (exact) mass is 303 g/mol. The van der Waals surface area contributed by atoms with E-state index in [-0.39, 0.29) is 5.38 Å². The third-order valence-corrected chi connectivity index (χ3v) is 5.88. The van der Waals surface area contributed by atoms with Crippen LogP contribution in [0.15, 0.2) is 23.1 Å². The fourth-order valence-corrected chi connectivity index (χ4v) is 4.11. The third-order valence-electron chi connectivity index (χ3n) is 3.38. The van der Waals surface area contributed by atoms with E-state index in [9.17, 15) is 8.42 Å². The Kier molecular flexibility index (Phi) is 4.38. The maximum atomic E-state index is 12.6. The zero-order chi connectivity index (χ0) is 14.0. The van der Waals surface area contributed by atoms with Gasteiger partial charge in [-0.15, -0.1) is 11.6 Å². The molecule has 0 N–H and O–H groups in total. The second-order valence-corrected chi connectivity index (χ2v) is 7.23. The number of hydrogen-bond donors (Lipinski definition) is 0. The van der Waals surface area contributed by atoms with Crippen molar-refractivity contribution in [3.63, 3.8) is 0 Å². The van der Waals surface area contributed by atoms with Gasteiger partial charge in [-0.1, -0.05) is 0 Å². The normalized spacial score (nSPS) is 18.5. The molecule has 0 radical (unpaired) electrons. The van der Waals surface area contributed by atoms with E-state index in [2.05, 4.69) is 0 Å². The molecule has 0 bridgehead atoms. The van der Waals surface area contributed by atoms with Crippen LogP contribution in [0.1, 0.15) is 18.4 Å². The average Bonchev–Trinajstić information content (AvgIpc) is 2.38. The van der Waals surface area contributed by atoms with Gasteiger partial charge < -0.3 is 4.74 Å². The molecule has 0 atom stereocenters. The van der Waals surface area contributed by atoms with Crippen molar-refractivity contribution in [1.29, 1.82) is 0 Å². The van der Waals surface area contributed by atoms with Crippen LogP contribution < -0.4 is 4.74 Å². The Morgan fingerprint density at radius 3 is 2.47 bits per heavy atom. The zero-order valence-corrected chi connectivity index (χ0v) is 12.7. The molecule has 0 spiro atoms. The minimum absolute atomic E-state index is 0.0865. The molecule has 6 heteroatoms. The number of alkyl halides is 1. The molecule has 19 heavy (non-hydrogen) atoms. The van der Waals surface area contributed by atoms with Crippen molar-refractivity contribution >= 4 is 21.6 Å². The Morgan fingerprint density at radius 1 is 1.32 bits per heavy atom. The number of methoxy groups -OCH3 is 1. The van der Waals surface area contributed by atoms with Crippen molar-refractivity contribution < 1.29 is 13.2 Å². The molecule has 0 unspecified atom stereocenters. The average molecular weight is 304 g/mol. The van der Waals surface area contributed by atoms with Crippen molar-refractivity contribution in [2.24, 2.45) is 0 Å². The van der Waals surface area contributed by atoms with Crippen LogP contribution in [0.3, 0.4) is 0 Å². The summed E-state index contributed by atoms with van der Waals surface area (Å²) in [6.45, 7) is 2.76. The van der Waals surface area contributed by atoms with Crippen molar-refractivity contribution in [2.45, 2.75) is 30.0 Å². The van der Waals surface area contributed by atoms with Crippen LogP contribution in [0.5, 0.6) is 5.75 Å². The number of benzene rings is 1. The van der Waals surface area contributed by atoms with E-state index in [1.165, 1.54) is 4.31 Å². The third kappa shape index (κ3) is 3.04. The molecule has 0 saturated carbocycles. The summed E-state index contributed by atoms with van der Waals surface area (Å²) >= 11 is 6.01. The van der Waals surface area contributed by atoms with Crippen molar-refractivity contribution in [3.05, 3.63) is 23.8 Å². The van der Waals surface area contributed by atoms with Crippen LogP contribution in [0.25, 0.3) is 0 Å². The number of nitrogens with zero attached hydrogens (tertiary/aromatic N) is 1. The minimum atomic E-state index is -3.42. The highest BCUT2D eigenvalue weighted by Crippen LogP contribution is 2.27. The molecule has 0 aliphatic carbocycles. The molecule has 1 aromatic rings. The van der Waals surface area contributed by atoms with E-state index in [0.29, 0.717) is 42.1 Å². The summed E-state index contributed by atoms with van der Waals surface area (Å²) in [6, 6.07) is 5.02. The summed E-state index contributed by atoms with van der Waals surface area (Å²) in [5.74, 6) is 0.663. The van der Waals surface area contributed by atoms with Crippen LogP contribution in [-0.2, 0) is 10.0 Å². The molecule has 0 amide bonds. The van der Waals surface area contributed by atoms with E-state index < -0.39 is 10.0 Å². The molecule has 2 rings (SSSR count). The highest BCUT2D eigenvalue weighted by molar-refractivity contribution is 7.89. The van der Waals surface area contributed by atoms with Gasteiger partial charge in [-0.3, -0.25) is 0 Å². The maximum Gasteiger partial charge on any atom is 0.243 e. The quantitative estimate of drug-likeness (QED) is 0.806. The predicted molar refractivity (Wildman–Crippen MR) is 75.4 cm³/mol. The molecule has 1 aliphatic heterocycles. The highest BCUT2D eigenvalue weighted by Gasteiger charge is 2.29. The Hall–Kier alpha value is -0.780. The second kappa shape index (κ2) is 5.69. The van der Waals surface area contributed by atoms with Gasteiger partial charge in [0.05, 0.1) is 12.0 Å². The lowest BCUT2D eigenvalue weighted by Crippen LogP contribution is -2.39. The SMILES string of the molecule is COc1ccc(S(=O)(=O)N2CCC(Cl)CC2)c(C)c1. The molecule has 1 heterocycles. The van der Waals surface area contributed by atoms with Gasteiger partial charge >= 0.3 is 0 Å². The van der Waals surface area contributed by atoms with E-state index in [1.54, 1.807) is 32.2 Å². The number of sulfonamides is 1. The molecule has 0 aromatic heterocycles. The molecular weight excluding hydrogens is 286 g/mol. The fraction of sp³-hybridized carbons (Fsp3) is 0.538. The molecular formula is C13H18ClNO3S. The van der Waals surface area contributed by atoms with Crippen molar-refractivity contribution in [1.82, 2.24) is 4.31 Å². The maximum absolute atomic E-state index is 12.6. The summed E-state index contributed by atoms with van der Waals surface area (Å²) < 4.78 is 31.7. The first-order valence-corrected chi connectivity index (χ1v) is 8.11. The van der Waals surface area contributed by atoms with E-state index in [0.717, 1.165) is 0 Å². The Bertz CT molecular complexity index is 551. The summed E-state index contributed by atoms with van der Waals surface area (Å²) in [5.41, 5.74) is 0.701. The standard InChI is InChI=1S/C13H18ClNO3S/c1-10-9-12(18-2)3-4-13(10)19(16,17)15-7-5-11(14)6-8-15/h3-4,9,11H,5-8H2,1-2H3. The number of rotatable bonds is 3. The number of aryl methyl sites for hydroxylation is 1. The van der Waals surface area contributed by atoms with Gasteiger partial charge in [0.1, 0.15) is 5.75 Å². The van der Waals surface area contributed by atoms with Crippen LogP contribution in [0.2, 0.25) is 0 Å². The number of halogens is 1. The van der Waals surface area contributed by atoms with Gasteiger partial charge in [-0.2, -0.15) is 4.31 Å². The van der Waals surface area contributed by atoms with E-state index in [1.807, 2.05) is 0 Å². The van der Waals surface area contributed by atoms with Gasteiger partial charge in [0.25, 0.3) is 0 Å². The van der Waals surface area contributed by atoms with Gasteiger partial charge in [0.15, 0.2) is 0 Å². The van der Waals surface area contributed by atoms with Crippen molar-refractivity contribution in [3.8, 4) is 5.75 Å². The lowest BCUT2D eigenvalue weighted by Gasteiger charge is -2.29. The van der Waals surface area contributed by atoms with Crippen LogP contribution in [0.4, 0.5) is 0 Å². The molecule has 1 aliphatic rings. The molecule has 106 valence electrons. The summed E-state index contributed by atoms with van der Waals surface area (Å²) in [7, 11) is -1.86. The molecule has 1 fully saturated rings. The number of hydrogen-bond acceptors (Lipinski definition) is 3. The van der Waals surface area contributed by atoms with Gasteiger partial charge in [-0.05, 0) is 43.5 Å². The van der Waals surface area contributed by atoms with Crippen LogP contribution >= 0.6 is 11.6 Å². The topological polar surface area (TPSA) is 46.6 Å². The lowest BCUT2D eigenvalue weighted by atomic mass is 10.2. The first kappa shape index (κ1) is 14.6. The van der Waals surface area contributed by atoms with E-state index in [4.69, 9.17) is 16.3 Å². The van der Waals surface area contributed by atoms with Crippen molar-refractivity contribution in [2.75, 3.05) is 20.2 Å². The van der Waals surface area contributed by atoms with Crippen LogP contribution in [-0.4, -0.2) is 38.3 Å². The Balaban J connectivity index is 2.29. The molecule has 4 nitrogen and oxygen atoms in total.